The van der Waals surface area contributed by atoms with E-state index in [1.807, 2.05) is 0 Å². The number of carboxylic acid groups (broad SMARTS) is 1. The first kappa shape index (κ1) is 19.5. The van der Waals surface area contributed by atoms with Crippen LogP contribution in [0.15, 0.2) is 47.4 Å². The van der Waals surface area contributed by atoms with E-state index in [-0.39, 0.29) is 22.0 Å². The van der Waals surface area contributed by atoms with E-state index in [0.29, 0.717) is 22.2 Å². The number of fused-ring (bicyclic) bond motifs is 1. The zero-order chi connectivity index (χ0) is 21.0. The van der Waals surface area contributed by atoms with Crippen molar-refractivity contribution in [1.82, 2.24) is 0 Å². The number of amides is 2. The number of nitrogens with zero attached hydrogens (tertiary/aromatic N) is 2. The molecule has 0 aromatic heterocycles. The summed E-state index contributed by atoms with van der Waals surface area (Å²) in [5.74, 6) is -0.868. The maximum Gasteiger partial charge on any atom is 0.348 e. The summed E-state index contributed by atoms with van der Waals surface area (Å²) < 4.78 is 32.6. The smallest absolute Gasteiger partial charge is 0.348 e. The number of aliphatic carboxylic acids is 1. The predicted octanol–water partition coefficient (Wildman–Crippen LogP) is 3.49. The van der Waals surface area contributed by atoms with Crippen LogP contribution in [0.25, 0.3) is 0 Å². The molecule has 1 aliphatic carbocycles. The minimum Gasteiger partial charge on any atom is -0.478 e. The monoisotopic (exact) mass is 436 g/mol. The highest BCUT2D eigenvalue weighted by molar-refractivity contribution is 7.94. The summed E-state index contributed by atoms with van der Waals surface area (Å²) >= 11 is 5.86. The van der Waals surface area contributed by atoms with Crippen LogP contribution in [0.3, 0.4) is 0 Å². The van der Waals surface area contributed by atoms with Crippen molar-refractivity contribution < 1.29 is 27.9 Å². The number of carbonyl (C=O) groups is 2. The van der Waals surface area contributed by atoms with Crippen molar-refractivity contribution in [3.05, 3.63) is 47.5 Å². The molecule has 1 fully saturated rings. The molecule has 152 valence electrons. The van der Waals surface area contributed by atoms with Crippen LogP contribution in [0.1, 0.15) is 19.3 Å². The van der Waals surface area contributed by atoms with Crippen LogP contribution in [-0.4, -0.2) is 38.2 Å². The molecule has 2 aromatic rings. The first-order chi connectivity index (χ1) is 13.7. The molecular weight excluding hydrogens is 420 g/mol. The molecule has 0 bridgehead atoms. The summed E-state index contributed by atoms with van der Waals surface area (Å²) in [6.45, 7) is 0. The molecule has 2 amide bonds. The molecular formula is C19H17ClN2O6S. The highest BCUT2D eigenvalue weighted by Crippen LogP contribution is 2.42. The summed E-state index contributed by atoms with van der Waals surface area (Å²) in [5, 5.41) is 9.85. The van der Waals surface area contributed by atoms with Gasteiger partial charge in [0.15, 0.2) is 0 Å². The maximum absolute atomic E-state index is 13.1. The standard InChI is InChI=1S/C19H17ClN2O6S/c1-21-15-11-14(28-19(17(23)24)9-2-10-19)7-8-16(15)29(26,27)22(18(21)25)13-5-3-12(20)4-6-13/h3-8,11H,2,9-10H2,1H3,(H,23,24). The van der Waals surface area contributed by atoms with Crippen molar-refractivity contribution in [1.29, 1.82) is 0 Å². The van der Waals surface area contributed by atoms with E-state index in [9.17, 15) is 23.1 Å². The number of halogens is 1. The molecule has 2 aromatic carbocycles. The molecule has 4 rings (SSSR count). The lowest BCUT2D eigenvalue weighted by Crippen LogP contribution is -2.51. The highest BCUT2D eigenvalue weighted by Gasteiger charge is 2.48. The summed E-state index contributed by atoms with van der Waals surface area (Å²) in [6, 6.07) is 9.22. The quantitative estimate of drug-likeness (QED) is 0.786. The minimum atomic E-state index is -4.17. The Balaban J connectivity index is 1.76. The Hall–Kier alpha value is -2.78. The molecule has 0 saturated heterocycles. The van der Waals surface area contributed by atoms with Gasteiger partial charge >= 0.3 is 12.0 Å². The minimum absolute atomic E-state index is 0.0834. The summed E-state index contributed by atoms with van der Waals surface area (Å²) in [4.78, 5) is 25.5. The van der Waals surface area contributed by atoms with E-state index in [1.54, 1.807) is 0 Å². The van der Waals surface area contributed by atoms with E-state index in [4.69, 9.17) is 16.3 Å². The van der Waals surface area contributed by atoms with E-state index in [1.165, 1.54) is 54.4 Å². The van der Waals surface area contributed by atoms with Crippen molar-refractivity contribution in [3.8, 4) is 5.75 Å². The largest absolute Gasteiger partial charge is 0.478 e. The molecule has 1 aliphatic heterocycles. The first-order valence-corrected chi connectivity index (χ1v) is 10.6. The molecule has 0 spiro atoms. The van der Waals surface area contributed by atoms with Crippen LogP contribution in [0.4, 0.5) is 16.2 Å². The second-order valence-electron chi connectivity index (χ2n) is 6.97. The van der Waals surface area contributed by atoms with Crippen LogP contribution in [0, 0.1) is 0 Å². The molecule has 1 saturated carbocycles. The van der Waals surface area contributed by atoms with Gasteiger partial charge in [-0.2, -0.15) is 4.31 Å². The number of carbonyl (C=O) groups excluding carboxylic acids is 1. The molecule has 8 nitrogen and oxygen atoms in total. The van der Waals surface area contributed by atoms with Crippen molar-refractivity contribution in [3.63, 3.8) is 0 Å². The Kier molecular flexibility index (Phi) is 4.47. The number of urea groups is 1. The lowest BCUT2D eigenvalue weighted by molar-refractivity contribution is -0.163. The van der Waals surface area contributed by atoms with Gasteiger partial charge in [0.25, 0.3) is 10.0 Å². The van der Waals surface area contributed by atoms with E-state index < -0.39 is 27.6 Å². The van der Waals surface area contributed by atoms with Gasteiger partial charge in [-0.25, -0.2) is 18.0 Å². The van der Waals surface area contributed by atoms with Crippen molar-refractivity contribution >= 4 is 45.0 Å². The van der Waals surface area contributed by atoms with Crippen molar-refractivity contribution in [2.75, 3.05) is 16.3 Å². The van der Waals surface area contributed by atoms with Gasteiger partial charge in [-0.15, -0.1) is 0 Å². The summed E-state index contributed by atoms with van der Waals surface area (Å²) in [5.41, 5.74) is -1.02. The molecule has 0 unspecified atom stereocenters. The maximum atomic E-state index is 13.1. The average Bonchev–Trinajstić information content (AvgIpc) is 2.64. The molecule has 0 radical (unpaired) electrons. The van der Waals surface area contributed by atoms with E-state index in [2.05, 4.69) is 0 Å². The van der Waals surface area contributed by atoms with Gasteiger partial charge in [-0.1, -0.05) is 11.6 Å². The molecule has 1 N–H and O–H groups in total. The average molecular weight is 437 g/mol. The normalized spacial score (nSPS) is 19.3. The van der Waals surface area contributed by atoms with Crippen LogP contribution >= 0.6 is 11.6 Å². The Labute approximate surface area is 172 Å². The van der Waals surface area contributed by atoms with E-state index >= 15 is 0 Å². The highest BCUT2D eigenvalue weighted by atomic mass is 35.5. The number of ether oxygens (including phenoxy) is 1. The second kappa shape index (κ2) is 6.64. The van der Waals surface area contributed by atoms with Gasteiger partial charge < -0.3 is 9.84 Å². The number of anilines is 2. The lowest BCUT2D eigenvalue weighted by atomic mass is 9.80. The third-order valence-corrected chi connectivity index (χ3v) is 7.20. The Bertz CT molecular complexity index is 1110. The Morgan fingerprint density at radius 1 is 1.17 bits per heavy atom. The number of rotatable bonds is 4. The number of hydrogen-bond donors (Lipinski definition) is 1. The predicted molar refractivity (Wildman–Crippen MR) is 106 cm³/mol. The fraction of sp³-hybridized carbons (Fsp3) is 0.263. The number of benzene rings is 2. The fourth-order valence-electron chi connectivity index (χ4n) is 3.39. The number of hydrogen-bond acceptors (Lipinski definition) is 5. The summed E-state index contributed by atoms with van der Waals surface area (Å²) in [7, 11) is -2.73. The van der Waals surface area contributed by atoms with Gasteiger partial charge in [0.05, 0.1) is 11.4 Å². The fourth-order valence-corrected chi connectivity index (χ4v) is 5.14. The molecule has 2 aliphatic rings. The second-order valence-corrected chi connectivity index (χ2v) is 9.16. The first-order valence-electron chi connectivity index (χ1n) is 8.81. The summed E-state index contributed by atoms with van der Waals surface area (Å²) in [6.07, 6.45) is 1.48. The molecule has 1 heterocycles. The number of carboxylic acids is 1. The van der Waals surface area contributed by atoms with E-state index in [0.717, 1.165) is 6.42 Å². The van der Waals surface area contributed by atoms with Crippen molar-refractivity contribution in [2.45, 2.75) is 29.8 Å². The van der Waals surface area contributed by atoms with Crippen molar-refractivity contribution in [2.24, 2.45) is 0 Å². The van der Waals surface area contributed by atoms with Crippen LogP contribution in [0.2, 0.25) is 5.02 Å². The Morgan fingerprint density at radius 2 is 1.83 bits per heavy atom. The zero-order valence-electron chi connectivity index (χ0n) is 15.3. The Morgan fingerprint density at radius 3 is 2.38 bits per heavy atom. The van der Waals surface area contributed by atoms with Gasteiger partial charge in [0, 0.05) is 18.1 Å². The molecule has 29 heavy (non-hydrogen) atoms. The molecule has 0 atom stereocenters. The van der Waals surface area contributed by atoms with Crippen LogP contribution < -0.4 is 13.9 Å². The third kappa shape index (κ3) is 3.01. The third-order valence-electron chi connectivity index (χ3n) is 5.20. The van der Waals surface area contributed by atoms with Gasteiger partial charge in [-0.3, -0.25) is 4.90 Å². The lowest BCUT2D eigenvalue weighted by Gasteiger charge is -2.38. The van der Waals surface area contributed by atoms with Crippen LogP contribution in [0.5, 0.6) is 5.75 Å². The molecule has 10 heteroatoms. The van der Waals surface area contributed by atoms with Gasteiger partial charge in [0.1, 0.15) is 10.6 Å². The van der Waals surface area contributed by atoms with Gasteiger partial charge in [0.2, 0.25) is 5.60 Å². The SMILES string of the molecule is CN1C(=O)N(c2ccc(Cl)cc2)S(=O)(=O)c2ccc(OC3(C(=O)O)CCC3)cc21. The van der Waals surface area contributed by atoms with Gasteiger partial charge in [-0.05, 0) is 55.7 Å². The number of sulfonamides is 1. The van der Waals surface area contributed by atoms with Crippen LogP contribution in [-0.2, 0) is 14.8 Å². The topological polar surface area (TPSA) is 104 Å². The zero-order valence-corrected chi connectivity index (χ0v) is 16.9.